The number of aliphatic hydroxyl groups is 4. The van der Waals surface area contributed by atoms with Gasteiger partial charge in [0.1, 0.15) is 12.2 Å². The fraction of sp³-hybridized carbons (Fsp3) is 0.833. The van der Waals surface area contributed by atoms with Gasteiger partial charge in [-0.15, -0.1) is 0 Å². The van der Waals surface area contributed by atoms with E-state index in [2.05, 4.69) is 4.52 Å². The predicted octanol–water partition coefficient (Wildman–Crippen LogP) is -3.01. The molecule has 16 heavy (non-hydrogen) atoms. The van der Waals surface area contributed by atoms with Crippen molar-refractivity contribution in [2.45, 2.75) is 12.2 Å². The summed E-state index contributed by atoms with van der Waals surface area (Å²) in [6.45, 7) is -1.42. The number of carbonyl (C=O) groups is 1. The molecule has 0 fully saturated rings. The summed E-state index contributed by atoms with van der Waals surface area (Å²) in [7, 11) is -4.55. The molecule has 0 aliphatic rings. The molecule has 98 valence electrons. The Hall–Kier alpha value is -0.380. The van der Waals surface area contributed by atoms with Crippen LogP contribution in [-0.4, -0.2) is 68.5 Å². The third-order valence-electron chi connectivity index (χ3n) is 0.992. The van der Waals surface area contributed by atoms with E-state index in [0.29, 0.717) is 0 Å². The summed E-state index contributed by atoms with van der Waals surface area (Å²) in [5, 5.41) is 32.4. The van der Waals surface area contributed by atoms with Crippen LogP contribution in [0.4, 0.5) is 0 Å². The minimum atomic E-state index is -4.55. The lowest BCUT2D eigenvalue weighted by Crippen LogP contribution is -2.15. The van der Waals surface area contributed by atoms with Crippen molar-refractivity contribution < 1.29 is 44.1 Å². The monoisotopic (exact) mass is 262 g/mol. The molecular weight excluding hydrogens is 247 g/mol. The highest BCUT2D eigenvalue weighted by Crippen LogP contribution is 2.35. The Labute approximate surface area is 91.2 Å². The van der Waals surface area contributed by atoms with Gasteiger partial charge in [-0.2, -0.15) is 0 Å². The first-order chi connectivity index (χ1) is 7.26. The zero-order valence-electron chi connectivity index (χ0n) is 8.21. The Balaban J connectivity index is 0. The molecule has 0 radical (unpaired) electrons. The van der Waals surface area contributed by atoms with Crippen LogP contribution in [0.1, 0.15) is 0 Å². The average Bonchev–Trinajstić information content (AvgIpc) is 2.24. The Morgan fingerprint density at radius 2 is 1.62 bits per heavy atom. The second kappa shape index (κ2) is 9.82. The molecule has 0 heterocycles. The predicted molar refractivity (Wildman–Crippen MR) is 50.2 cm³/mol. The minimum Gasteiger partial charge on any atom is -0.394 e. The topological polar surface area (TPSA) is 165 Å². The number of phosphoric acid groups is 1. The van der Waals surface area contributed by atoms with Crippen molar-refractivity contribution in [3.05, 3.63) is 0 Å². The quantitative estimate of drug-likeness (QED) is 0.216. The molecule has 0 aromatic carbocycles. The van der Waals surface area contributed by atoms with Gasteiger partial charge < -0.3 is 35.0 Å². The first kappa shape index (κ1) is 18.0. The summed E-state index contributed by atoms with van der Waals surface area (Å²) in [6, 6.07) is 0. The Morgan fingerprint density at radius 1 is 1.19 bits per heavy atom. The molecule has 0 aliphatic carbocycles. The molecule has 9 nitrogen and oxygen atoms in total. The van der Waals surface area contributed by atoms with E-state index in [4.69, 9.17) is 30.2 Å². The van der Waals surface area contributed by atoms with Crippen molar-refractivity contribution in [1.29, 1.82) is 0 Å². The highest BCUT2D eigenvalue weighted by Gasteiger charge is 2.15. The van der Waals surface area contributed by atoms with E-state index >= 15 is 0 Å². The lowest BCUT2D eigenvalue weighted by atomic mass is 10.4. The van der Waals surface area contributed by atoms with Crippen LogP contribution < -0.4 is 0 Å². The zero-order chi connectivity index (χ0) is 13.2. The Kier molecular flexibility index (Phi) is 11.0. The molecule has 0 aromatic heterocycles. The lowest BCUT2D eigenvalue weighted by Gasteiger charge is -2.04. The van der Waals surface area contributed by atoms with Gasteiger partial charge in [-0.1, -0.05) is 0 Å². The maximum absolute atomic E-state index is 9.90. The van der Waals surface area contributed by atoms with E-state index in [9.17, 15) is 9.36 Å². The summed E-state index contributed by atoms with van der Waals surface area (Å²) in [5.74, 6) is 0. The summed E-state index contributed by atoms with van der Waals surface area (Å²) in [4.78, 5) is 25.7. The van der Waals surface area contributed by atoms with Gasteiger partial charge in [0.2, 0.25) is 0 Å². The van der Waals surface area contributed by atoms with E-state index in [1.165, 1.54) is 0 Å². The van der Waals surface area contributed by atoms with Crippen LogP contribution in [0.25, 0.3) is 0 Å². The van der Waals surface area contributed by atoms with Crippen LogP contribution in [0.15, 0.2) is 0 Å². The number of aliphatic hydroxyl groups excluding tert-OH is 4. The van der Waals surface area contributed by atoms with Crippen LogP contribution in [0, 0.1) is 0 Å². The van der Waals surface area contributed by atoms with Gasteiger partial charge in [0.25, 0.3) is 0 Å². The molecule has 0 bridgehead atoms. The molecule has 10 heteroatoms. The van der Waals surface area contributed by atoms with Crippen molar-refractivity contribution >= 4 is 14.1 Å². The number of rotatable bonds is 6. The molecular formula is C6H15O9P. The summed E-state index contributed by atoms with van der Waals surface area (Å²) in [6.07, 6.45) is -2.31. The third kappa shape index (κ3) is 16.1. The first-order valence-electron chi connectivity index (χ1n) is 4.00. The van der Waals surface area contributed by atoms with Crippen molar-refractivity contribution in [2.24, 2.45) is 0 Å². The maximum atomic E-state index is 9.90. The van der Waals surface area contributed by atoms with E-state index in [0.717, 1.165) is 0 Å². The van der Waals surface area contributed by atoms with Gasteiger partial charge in [-0.25, -0.2) is 4.57 Å². The van der Waals surface area contributed by atoms with Gasteiger partial charge >= 0.3 is 7.82 Å². The molecule has 0 saturated carbocycles. The van der Waals surface area contributed by atoms with E-state index in [-0.39, 0.29) is 19.5 Å². The van der Waals surface area contributed by atoms with Crippen molar-refractivity contribution in [1.82, 2.24) is 0 Å². The highest BCUT2D eigenvalue weighted by molar-refractivity contribution is 7.46. The van der Waals surface area contributed by atoms with E-state index in [1.54, 1.807) is 0 Å². The number of phosphoric ester groups is 1. The number of hydrogen-bond acceptors (Lipinski definition) is 7. The largest absolute Gasteiger partial charge is 0.469 e. The Bertz CT molecular complexity index is 210. The number of hydrogen-bond donors (Lipinski definition) is 6. The molecule has 0 aliphatic heterocycles. The van der Waals surface area contributed by atoms with Crippen molar-refractivity contribution in [2.75, 3.05) is 19.8 Å². The highest BCUT2D eigenvalue weighted by atomic mass is 31.2. The van der Waals surface area contributed by atoms with Crippen LogP contribution in [-0.2, 0) is 13.9 Å². The number of aldehydes is 1. The fourth-order valence-corrected chi connectivity index (χ4v) is 0.617. The number of carbonyl (C=O) groups excluding carboxylic acids is 1. The third-order valence-corrected chi connectivity index (χ3v) is 1.48. The average molecular weight is 262 g/mol. The molecule has 0 rings (SSSR count). The van der Waals surface area contributed by atoms with Gasteiger partial charge in [-0.05, 0) is 0 Å². The van der Waals surface area contributed by atoms with Crippen molar-refractivity contribution in [3.63, 3.8) is 0 Å². The SMILES string of the molecule is O=CC(O)COP(=O)(O)O.OCC(O)CO. The molecule has 1 unspecified atom stereocenters. The minimum absolute atomic E-state index is 0.121. The summed E-state index contributed by atoms with van der Waals surface area (Å²) in [5.41, 5.74) is 0. The van der Waals surface area contributed by atoms with Gasteiger partial charge in [0, 0.05) is 0 Å². The molecule has 1 atom stereocenters. The first-order valence-corrected chi connectivity index (χ1v) is 5.53. The van der Waals surface area contributed by atoms with Crippen LogP contribution in [0.2, 0.25) is 0 Å². The molecule has 0 spiro atoms. The lowest BCUT2D eigenvalue weighted by molar-refractivity contribution is -0.116. The zero-order valence-corrected chi connectivity index (χ0v) is 9.10. The summed E-state index contributed by atoms with van der Waals surface area (Å²) >= 11 is 0. The van der Waals surface area contributed by atoms with Gasteiger partial charge in [0.15, 0.2) is 6.29 Å². The smallest absolute Gasteiger partial charge is 0.394 e. The van der Waals surface area contributed by atoms with E-state index in [1.807, 2.05) is 0 Å². The van der Waals surface area contributed by atoms with E-state index < -0.39 is 26.6 Å². The molecule has 6 N–H and O–H groups in total. The van der Waals surface area contributed by atoms with Crippen LogP contribution in [0.5, 0.6) is 0 Å². The molecule has 0 saturated heterocycles. The van der Waals surface area contributed by atoms with Crippen LogP contribution >= 0.6 is 7.82 Å². The normalized spacial score (nSPS) is 12.9. The van der Waals surface area contributed by atoms with Crippen molar-refractivity contribution in [3.8, 4) is 0 Å². The maximum Gasteiger partial charge on any atom is 0.469 e. The second-order valence-corrected chi connectivity index (χ2v) is 3.75. The fourth-order valence-electron chi connectivity index (χ4n) is 0.270. The van der Waals surface area contributed by atoms with Gasteiger partial charge in [0.05, 0.1) is 19.8 Å². The Morgan fingerprint density at radius 3 is 1.81 bits per heavy atom. The summed E-state index contributed by atoms with van der Waals surface area (Å²) < 4.78 is 13.7. The standard InChI is InChI=1S/C3H7O6P.C3H8O3/c4-1-3(5)2-9-10(6,7)8;4-1-3(6)2-5/h1,3,5H,2H2,(H2,6,7,8);3-6H,1-2H2. The van der Waals surface area contributed by atoms with Gasteiger partial charge in [-0.3, -0.25) is 4.52 Å². The molecule has 0 amide bonds. The second-order valence-electron chi connectivity index (χ2n) is 2.51. The van der Waals surface area contributed by atoms with Crippen LogP contribution in [0.3, 0.4) is 0 Å². The molecule has 0 aromatic rings.